The SMILES string of the molecule is C.C.C.[10BH3].[11BH3].[11BH3].[4He].[7Li+].[H-]. The fourth-order valence-electron chi connectivity index (χ4n) is 0. The summed E-state index contributed by atoms with van der Waals surface area (Å²) in [7, 11) is 0. The summed E-state index contributed by atoms with van der Waals surface area (Å²) >= 11 is 0. The smallest absolute Gasteiger partial charge is 1.00 e. The van der Waals surface area contributed by atoms with Crippen molar-refractivity contribution in [2.24, 2.45) is 0 Å². The van der Waals surface area contributed by atoms with Crippen LogP contribution in [0.2, 0.25) is 0 Å². The Kier molecular flexibility index (Phi) is 92200. The third-order valence-corrected chi connectivity index (χ3v) is 0. The van der Waals surface area contributed by atoms with E-state index in [2.05, 4.69) is 0 Å². The van der Waals surface area contributed by atoms with Crippen LogP contribution in [0.5, 0.6) is 0 Å². The number of hydrogen-bond acceptors (Lipinski definition) is 0. The summed E-state index contributed by atoms with van der Waals surface area (Å²) in [5, 5.41) is 0. The fraction of sp³-hybridized carbons (Fsp3) is 1.00. The molecule has 0 unspecified atom stereocenters. The van der Waals surface area contributed by atoms with Crippen LogP contribution < -0.4 is 18.9 Å². The minimum Gasteiger partial charge on any atom is -1.00 e. The second-order valence-electron chi connectivity index (χ2n) is 0. The van der Waals surface area contributed by atoms with E-state index >= 15 is 0 Å². The van der Waals surface area contributed by atoms with Gasteiger partial charge in [0.25, 0.3) is 0 Å². The van der Waals surface area contributed by atoms with Crippen molar-refractivity contribution in [1.82, 2.24) is 0 Å². The summed E-state index contributed by atoms with van der Waals surface area (Å²) in [4.78, 5) is 0. The van der Waals surface area contributed by atoms with Gasteiger partial charge in [-0.2, -0.15) is 0 Å². The maximum atomic E-state index is 0. The van der Waals surface area contributed by atoms with Crippen LogP contribution in [0.3, 0.4) is 0 Å². The molecule has 0 aliphatic rings. The molecule has 0 aliphatic heterocycles. The topological polar surface area (TPSA) is 0 Å². The molecular weight excluding hydrogens is 79.1 g/mol. The zero-order valence-corrected chi connectivity index (χ0v) is 1.71. The predicted molar refractivity (Wildman–Crippen MR) is 51.1 cm³/mol. The van der Waals surface area contributed by atoms with Gasteiger partial charge in [-0.3, -0.25) is 0 Å². The van der Waals surface area contributed by atoms with E-state index in [9.17, 15) is 0 Å². The van der Waals surface area contributed by atoms with Gasteiger partial charge in [-0.05, 0) is 0 Å². The molecule has 5 heteroatoms. The van der Waals surface area contributed by atoms with Crippen LogP contribution in [-0.2, 0) is 0 Å². The molecule has 0 aromatic heterocycles. The minimum atomic E-state index is 0. The van der Waals surface area contributed by atoms with Crippen molar-refractivity contribution < 1.29 is 26.4 Å². The molecule has 0 atom stereocenters. The van der Waals surface area contributed by atoms with Crippen molar-refractivity contribution >= 4 is 25.2 Å². The summed E-state index contributed by atoms with van der Waals surface area (Å²) in [5.41, 5.74) is 0. The third-order valence-electron chi connectivity index (χ3n) is 0. The van der Waals surface area contributed by atoms with Gasteiger partial charge < -0.3 is 1.43 Å². The van der Waals surface area contributed by atoms with E-state index in [1.165, 1.54) is 0 Å². The normalized spacial score (nSPS) is 0. The van der Waals surface area contributed by atoms with Crippen LogP contribution in [0, 0.1) is 6.15 Å². The molecule has 8 heavy (non-hydrogen) atoms. The van der Waals surface area contributed by atoms with Gasteiger partial charge in [0.15, 0.2) is 0 Å². The van der Waals surface area contributed by atoms with Gasteiger partial charge in [0.05, 0.1) is 25.2 Å². The van der Waals surface area contributed by atoms with E-state index in [4.69, 9.17) is 0 Å². The maximum Gasteiger partial charge on any atom is 1.00 e. The molecule has 0 radical (unpaired) electrons. The van der Waals surface area contributed by atoms with E-state index in [-0.39, 0.29) is 74.0 Å². The molecule has 0 heterocycles. The maximum absolute atomic E-state index is 0. The van der Waals surface area contributed by atoms with Gasteiger partial charge in [0, 0.05) is 6.15 Å². The van der Waals surface area contributed by atoms with E-state index in [1.807, 2.05) is 0 Å². The first-order valence-electron chi connectivity index (χ1n) is 0. The van der Waals surface area contributed by atoms with Crippen LogP contribution in [0.25, 0.3) is 0 Å². The Labute approximate surface area is 74.4 Å². The van der Waals surface area contributed by atoms with Crippen LogP contribution >= 0.6 is 0 Å². The Morgan fingerprint density at radius 2 is 0.625 bits per heavy atom. The Bertz CT molecular complexity index is 19.0. The molecule has 0 aliphatic carbocycles. The summed E-state index contributed by atoms with van der Waals surface area (Å²) in [6, 6.07) is 0. The fourth-order valence-corrected chi connectivity index (χ4v) is 0. The molecule has 0 bridgehead atoms. The second kappa shape index (κ2) is 703. The van der Waals surface area contributed by atoms with Gasteiger partial charge in [-0.25, -0.2) is 0 Å². The Morgan fingerprint density at radius 1 is 0.625 bits per heavy atom. The quantitative estimate of drug-likeness (QED) is 0.270. The molecular formula is C3H22B3HeLi. The van der Waals surface area contributed by atoms with Crippen LogP contribution in [0.15, 0.2) is 0 Å². The summed E-state index contributed by atoms with van der Waals surface area (Å²) < 4.78 is 0. The minimum absolute atomic E-state index is 0. The second-order valence-corrected chi connectivity index (χ2v) is 0. The van der Waals surface area contributed by atoms with Gasteiger partial charge >= 0.3 is 18.9 Å². The van der Waals surface area contributed by atoms with Gasteiger partial charge in [-0.1, -0.05) is 22.3 Å². The molecule has 0 aromatic carbocycles. The zero-order valence-electron chi connectivity index (χ0n) is 2.71. The van der Waals surface area contributed by atoms with Crippen LogP contribution in [0.1, 0.15) is 23.7 Å². The van der Waals surface area contributed by atoms with E-state index < -0.39 is 0 Å². The first-order valence-corrected chi connectivity index (χ1v) is 0. The molecule has 0 N–H and O–H groups in total. The van der Waals surface area contributed by atoms with E-state index in [1.54, 1.807) is 0 Å². The molecule has 0 amide bonds. The third kappa shape index (κ3) is 443. The molecule has 0 saturated carbocycles. The average molecular weight is 101 g/mol. The zero-order chi connectivity index (χ0) is 0. The van der Waals surface area contributed by atoms with E-state index in [0.29, 0.717) is 0 Å². The molecule has 0 spiro atoms. The average Bonchev–Trinajstić information content (AvgIpc) is 0. The van der Waals surface area contributed by atoms with Crippen molar-refractivity contribution in [1.29, 1.82) is 0 Å². The monoisotopic (exact) mass is 101 g/mol. The molecule has 0 nitrogen and oxygen atoms in total. The van der Waals surface area contributed by atoms with E-state index in [0.717, 1.165) is 0 Å². The standard InChI is InChI=1S/3CH4.3BH3.He.Li.H/h3*1H4;3*1H3;;;/q;;;;;;;+1;-1/i;;;2*1+0;1-1;2*1+0;. The Balaban J connectivity index is 0. The van der Waals surface area contributed by atoms with Gasteiger partial charge in [0.2, 0.25) is 0 Å². The van der Waals surface area contributed by atoms with Crippen molar-refractivity contribution in [2.45, 2.75) is 22.3 Å². The summed E-state index contributed by atoms with van der Waals surface area (Å²) in [6.45, 7) is 0. The van der Waals surface area contributed by atoms with Crippen LogP contribution in [-0.4, -0.2) is 25.2 Å². The molecule has 0 rings (SSSR count). The van der Waals surface area contributed by atoms with Crippen molar-refractivity contribution in [3.05, 3.63) is 0 Å². The molecule has 46 valence electrons. The Morgan fingerprint density at radius 3 is 0.625 bits per heavy atom. The first-order chi connectivity index (χ1) is 0. The Hall–Kier alpha value is 0.701. The first kappa shape index (κ1) is 1050. The van der Waals surface area contributed by atoms with Crippen molar-refractivity contribution in [3.8, 4) is 0 Å². The number of rotatable bonds is 0. The van der Waals surface area contributed by atoms with Gasteiger partial charge in [-0.15, -0.1) is 0 Å². The molecule has 0 fully saturated rings. The van der Waals surface area contributed by atoms with Crippen LogP contribution in [0.4, 0.5) is 0 Å². The molecule has 0 aromatic rings. The predicted octanol–water partition coefficient (Wildman–Crippen LogP) is -4.53. The number of hydrogen-bond donors (Lipinski definition) is 0. The largest absolute Gasteiger partial charge is 1.00 e. The molecule has 0 saturated heterocycles. The van der Waals surface area contributed by atoms with Gasteiger partial charge in [0.1, 0.15) is 0 Å². The van der Waals surface area contributed by atoms with Crippen molar-refractivity contribution in [2.75, 3.05) is 0 Å². The summed E-state index contributed by atoms with van der Waals surface area (Å²) in [6.07, 6.45) is 0. The van der Waals surface area contributed by atoms with Crippen molar-refractivity contribution in [3.63, 3.8) is 0 Å². The summed E-state index contributed by atoms with van der Waals surface area (Å²) in [5.74, 6) is 0.